The zero-order valence-electron chi connectivity index (χ0n) is 18.4. The Morgan fingerprint density at radius 3 is 1.91 bits per heavy atom. The van der Waals surface area contributed by atoms with E-state index in [0.717, 1.165) is 103 Å². The number of benzene rings is 2. The minimum atomic E-state index is 0.221. The van der Waals surface area contributed by atoms with E-state index in [2.05, 4.69) is 6.92 Å². The zero-order chi connectivity index (χ0) is 21.8. The smallest absolute Gasteiger partial charge is 0.134 e. The maximum Gasteiger partial charge on any atom is 0.134 e. The lowest BCUT2D eigenvalue weighted by Crippen LogP contribution is -2.14. The highest BCUT2D eigenvalue weighted by Crippen LogP contribution is 2.43. The fourth-order valence-electron chi connectivity index (χ4n) is 4.54. The molecule has 0 amide bonds. The summed E-state index contributed by atoms with van der Waals surface area (Å²) in [5, 5.41) is 0. The molecule has 0 radical (unpaired) electrons. The number of nitrogen functional groups attached to an aromatic ring is 2. The highest BCUT2D eigenvalue weighted by molar-refractivity contribution is 5.68. The molecule has 4 saturated heterocycles. The van der Waals surface area contributed by atoms with Crippen LogP contribution in [0.15, 0.2) is 18.2 Å². The Balaban J connectivity index is 1.44. The third-order valence-corrected chi connectivity index (χ3v) is 6.73. The average molecular weight is 439 g/mol. The Morgan fingerprint density at radius 1 is 0.781 bits per heavy atom. The van der Waals surface area contributed by atoms with E-state index in [9.17, 15) is 0 Å². The van der Waals surface area contributed by atoms with E-state index < -0.39 is 0 Å². The molecule has 4 N–H and O–H groups in total. The number of hydrogen-bond acceptors (Lipinski definition) is 7. The fourth-order valence-corrected chi connectivity index (χ4v) is 4.54. The topological polar surface area (TPSA) is 111 Å². The van der Waals surface area contributed by atoms with Crippen LogP contribution < -0.4 is 16.2 Å². The highest BCUT2D eigenvalue weighted by Gasteiger charge is 2.34. The van der Waals surface area contributed by atoms with Crippen LogP contribution in [0.3, 0.4) is 0 Å². The quantitative estimate of drug-likeness (QED) is 0.433. The molecule has 170 valence electrons. The third kappa shape index (κ3) is 4.43. The molecule has 32 heavy (non-hydrogen) atoms. The molecule has 2 aromatic carbocycles. The zero-order valence-corrected chi connectivity index (χ0v) is 18.4. The maximum atomic E-state index is 6.78. The molecule has 0 bridgehead atoms. The Morgan fingerprint density at radius 2 is 1.31 bits per heavy atom. The lowest BCUT2D eigenvalue weighted by atomic mass is 9.88. The van der Waals surface area contributed by atoms with Gasteiger partial charge >= 0.3 is 0 Å². The van der Waals surface area contributed by atoms with Gasteiger partial charge in [-0.2, -0.15) is 0 Å². The van der Waals surface area contributed by atoms with E-state index in [0.29, 0.717) is 0 Å². The Kier molecular flexibility index (Phi) is 5.02. The third-order valence-electron chi connectivity index (χ3n) is 6.73. The normalized spacial score (nSPS) is 27.3. The first-order valence-electron chi connectivity index (χ1n) is 11.5. The van der Waals surface area contributed by atoms with Crippen molar-refractivity contribution in [3.63, 3.8) is 0 Å². The molecule has 4 aliphatic rings. The lowest BCUT2D eigenvalue weighted by molar-refractivity contribution is 0.393. The van der Waals surface area contributed by atoms with Gasteiger partial charge in [-0.25, -0.2) is 0 Å². The monoisotopic (exact) mass is 438 g/mol. The van der Waals surface area contributed by atoms with Crippen molar-refractivity contribution in [2.75, 3.05) is 37.9 Å². The molecule has 4 aliphatic heterocycles. The van der Waals surface area contributed by atoms with Crippen LogP contribution in [-0.2, 0) is 44.6 Å². The largest absolute Gasteiger partial charge is 0.456 e. The molecule has 4 atom stereocenters. The lowest BCUT2D eigenvalue weighted by Gasteiger charge is -2.24. The van der Waals surface area contributed by atoms with Crippen molar-refractivity contribution in [2.24, 2.45) is 0 Å². The second kappa shape index (κ2) is 7.92. The van der Waals surface area contributed by atoms with Gasteiger partial charge in [-0.05, 0) is 47.4 Å². The first kappa shape index (κ1) is 20.3. The minimum Gasteiger partial charge on any atom is -0.456 e. The summed E-state index contributed by atoms with van der Waals surface area (Å²) in [6.07, 6.45) is 4.13. The SMILES string of the molecule is Cc1c(CC2CO2)c(N)c(CC2CO2)c(CC2CO2)c1Oc1ccc(N)cc1CC1CO1. The number of hydrogen-bond donors (Lipinski definition) is 2. The van der Waals surface area contributed by atoms with E-state index in [1.165, 1.54) is 0 Å². The van der Waals surface area contributed by atoms with Crippen LogP contribution in [-0.4, -0.2) is 50.8 Å². The van der Waals surface area contributed by atoms with Crippen molar-refractivity contribution < 1.29 is 23.7 Å². The average Bonchev–Trinajstić information content (AvgIpc) is 3.61. The van der Waals surface area contributed by atoms with Crippen molar-refractivity contribution in [2.45, 2.75) is 57.0 Å². The minimum absolute atomic E-state index is 0.221. The molecule has 7 heteroatoms. The Labute approximate surface area is 187 Å². The van der Waals surface area contributed by atoms with E-state index in [-0.39, 0.29) is 24.4 Å². The van der Waals surface area contributed by atoms with Crippen LogP contribution in [0.5, 0.6) is 11.5 Å². The van der Waals surface area contributed by atoms with E-state index in [1.807, 2.05) is 18.2 Å². The second-order valence-corrected chi connectivity index (χ2v) is 9.41. The van der Waals surface area contributed by atoms with Crippen molar-refractivity contribution in [3.8, 4) is 11.5 Å². The number of rotatable bonds is 10. The van der Waals surface area contributed by atoms with Crippen molar-refractivity contribution >= 4 is 11.4 Å². The molecule has 4 heterocycles. The molecule has 0 aliphatic carbocycles. The summed E-state index contributed by atoms with van der Waals surface area (Å²) >= 11 is 0. The summed E-state index contributed by atoms with van der Waals surface area (Å²) in [6.45, 7) is 5.25. The standard InChI is InChI=1S/C25H30N2O5/c1-13-20(6-17-10-29-17)24(27)21(7-18-11-30-18)22(8-19-12-31-19)25(13)32-23-3-2-15(26)4-14(23)5-16-9-28-16/h2-4,16-19H,5-12,26-27H2,1H3. The van der Waals surface area contributed by atoms with Crippen LogP contribution in [0.2, 0.25) is 0 Å². The van der Waals surface area contributed by atoms with Crippen LogP contribution in [0.25, 0.3) is 0 Å². The van der Waals surface area contributed by atoms with Gasteiger partial charge in [0.2, 0.25) is 0 Å². The number of nitrogens with two attached hydrogens (primary N) is 2. The van der Waals surface area contributed by atoms with Gasteiger partial charge in [0.15, 0.2) is 0 Å². The first-order valence-corrected chi connectivity index (χ1v) is 11.5. The predicted octanol–water partition coefficient (Wildman–Crippen LogP) is 2.72. The van der Waals surface area contributed by atoms with Gasteiger partial charge in [0.25, 0.3) is 0 Å². The molecule has 0 spiro atoms. The number of epoxide rings is 4. The fraction of sp³-hybridized carbons (Fsp3) is 0.520. The van der Waals surface area contributed by atoms with Gasteiger partial charge in [0, 0.05) is 42.6 Å². The molecule has 2 aromatic rings. The van der Waals surface area contributed by atoms with Crippen molar-refractivity contribution in [1.82, 2.24) is 0 Å². The number of ether oxygens (including phenoxy) is 5. The van der Waals surface area contributed by atoms with Crippen LogP contribution in [0.4, 0.5) is 11.4 Å². The van der Waals surface area contributed by atoms with E-state index in [4.69, 9.17) is 35.2 Å². The van der Waals surface area contributed by atoms with Crippen molar-refractivity contribution in [3.05, 3.63) is 46.0 Å². The molecule has 0 saturated carbocycles. The van der Waals surface area contributed by atoms with Gasteiger partial charge in [-0.1, -0.05) is 0 Å². The first-order chi connectivity index (χ1) is 15.5. The predicted molar refractivity (Wildman–Crippen MR) is 120 cm³/mol. The summed E-state index contributed by atoms with van der Waals surface area (Å²) in [5.74, 6) is 1.71. The van der Waals surface area contributed by atoms with E-state index in [1.54, 1.807) is 0 Å². The van der Waals surface area contributed by atoms with Crippen LogP contribution in [0.1, 0.15) is 27.8 Å². The molecule has 0 aromatic heterocycles. The molecule has 4 unspecified atom stereocenters. The van der Waals surface area contributed by atoms with Gasteiger partial charge in [0.1, 0.15) is 11.5 Å². The van der Waals surface area contributed by atoms with Crippen LogP contribution in [0, 0.1) is 6.92 Å². The molecular formula is C25H30N2O5. The Hall–Kier alpha value is -2.32. The summed E-state index contributed by atoms with van der Waals surface area (Å²) in [6, 6.07) is 5.85. The molecule has 7 nitrogen and oxygen atoms in total. The van der Waals surface area contributed by atoms with Gasteiger partial charge in [-0.15, -0.1) is 0 Å². The maximum absolute atomic E-state index is 6.78. The van der Waals surface area contributed by atoms with Crippen molar-refractivity contribution in [1.29, 1.82) is 0 Å². The number of anilines is 2. The summed E-state index contributed by atoms with van der Waals surface area (Å²) < 4.78 is 28.9. The summed E-state index contributed by atoms with van der Waals surface area (Å²) in [5.41, 5.74) is 20.0. The molecule has 6 rings (SSSR count). The molecule has 4 fully saturated rings. The van der Waals surface area contributed by atoms with Gasteiger partial charge in [0.05, 0.1) is 50.8 Å². The van der Waals surface area contributed by atoms with Gasteiger partial charge in [-0.3, -0.25) is 0 Å². The summed E-state index contributed by atoms with van der Waals surface area (Å²) in [7, 11) is 0. The second-order valence-electron chi connectivity index (χ2n) is 9.41. The van der Waals surface area contributed by atoms with Gasteiger partial charge < -0.3 is 35.2 Å². The van der Waals surface area contributed by atoms with Crippen LogP contribution >= 0.6 is 0 Å². The van der Waals surface area contributed by atoms with E-state index >= 15 is 0 Å². The Bertz CT molecular complexity index is 1040. The molecular weight excluding hydrogens is 408 g/mol. The summed E-state index contributed by atoms with van der Waals surface area (Å²) in [4.78, 5) is 0. The highest BCUT2D eigenvalue weighted by atomic mass is 16.6.